The third-order valence-electron chi connectivity index (χ3n) is 2.21. The van der Waals surface area contributed by atoms with Crippen LogP contribution in [0.4, 0.5) is 11.4 Å². The normalized spacial score (nSPS) is 10.9. The second-order valence-electron chi connectivity index (χ2n) is 3.39. The van der Waals surface area contributed by atoms with Gasteiger partial charge in [-0.1, -0.05) is 18.2 Å². The molecule has 3 nitrogen and oxygen atoms in total. The van der Waals surface area contributed by atoms with Gasteiger partial charge in [-0.25, -0.2) is 0 Å². The molecule has 0 unspecified atom stereocenters. The van der Waals surface area contributed by atoms with E-state index in [4.69, 9.17) is 0 Å². The molecular weight excluding hydrogens is 232 g/mol. The summed E-state index contributed by atoms with van der Waals surface area (Å²) in [6.07, 6.45) is 1.98. The first kappa shape index (κ1) is 11.7. The first-order valence-corrected chi connectivity index (χ1v) is 6.36. The molecule has 2 rings (SSSR count). The summed E-state index contributed by atoms with van der Waals surface area (Å²) < 4.78 is 0. The van der Waals surface area contributed by atoms with Crippen LogP contribution in [0, 0.1) is 0 Å². The monoisotopic (exact) mass is 244 g/mol. The lowest BCUT2D eigenvalue weighted by Crippen LogP contribution is -1.71. The summed E-state index contributed by atoms with van der Waals surface area (Å²) in [4.78, 5) is 1.05. The highest BCUT2D eigenvalue weighted by molar-refractivity contribution is 7.98. The minimum atomic E-state index is 0.141. The van der Waals surface area contributed by atoms with Gasteiger partial charge in [0.05, 0.1) is 5.69 Å². The van der Waals surface area contributed by atoms with Crippen LogP contribution >= 0.6 is 11.8 Å². The molecule has 0 spiro atoms. The first-order valence-electron chi connectivity index (χ1n) is 5.13. The molecule has 86 valence electrons. The summed E-state index contributed by atoms with van der Waals surface area (Å²) in [5, 5.41) is 17.8. The average molecular weight is 244 g/mol. The van der Waals surface area contributed by atoms with Crippen molar-refractivity contribution >= 4 is 23.1 Å². The molecule has 0 saturated carbocycles. The van der Waals surface area contributed by atoms with Crippen LogP contribution < -0.4 is 0 Å². The fraction of sp³-hybridized carbons (Fsp3) is 0.0769. The molecule has 1 N–H and O–H groups in total. The third-order valence-corrected chi connectivity index (χ3v) is 2.94. The largest absolute Gasteiger partial charge is 0.506 e. The molecule has 0 amide bonds. The summed E-state index contributed by atoms with van der Waals surface area (Å²) in [5.41, 5.74) is 1.25. The third kappa shape index (κ3) is 3.07. The van der Waals surface area contributed by atoms with Crippen molar-refractivity contribution in [2.45, 2.75) is 4.90 Å². The number of azo groups is 1. The molecule has 2 aromatic rings. The highest BCUT2D eigenvalue weighted by Crippen LogP contribution is 2.31. The lowest BCUT2D eigenvalue weighted by atomic mass is 10.3. The zero-order valence-corrected chi connectivity index (χ0v) is 10.2. The highest BCUT2D eigenvalue weighted by atomic mass is 32.2. The molecule has 2 aromatic carbocycles. The number of thioether (sulfide) groups is 1. The second kappa shape index (κ2) is 5.50. The molecule has 0 heterocycles. The van der Waals surface area contributed by atoms with Crippen LogP contribution in [0.2, 0.25) is 0 Å². The van der Waals surface area contributed by atoms with E-state index in [0.717, 1.165) is 10.6 Å². The standard InChI is InChI=1S/C13H12N2OS/c1-17-11-7-8-13(16)12(9-11)15-14-10-5-3-2-4-6-10/h2-9,16H,1H3/b15-14+. The zero-order chi connectivity index (χ0) is 12.1. The van der Waals surface area contributed by atoms with Gasteiger partial charge in [-0.2, -0.15) is 5.11 Å². The van der Waals surface area contributed by atoms with Gasteiger partial charge in [0.25, 0.3) is 0 Å². The van der Waals surface area contributed by atoms with Crippen LogP contribution in [0.3, 0.4) is 0 Å². The smallest absolute Gasteiger partial charge is 0.143 e. The van der Waals surface area contributed by atoms with Gasteiger partial charge in [0.15, 0.2) is 0 Å². The van der Waals surface area contributed by atoms with E-state index in [1.807, 2.05) is 48.7 Å². The maximum atomic E-state index is 9.65. The van der Waals surface area contributed by atoms with Crippen LogP contribution in [0.5, 0.6) is 5.75 Å². The van der Waals surface area contributed by atoms with Gasteiger partial charge >= 0.3 is 0 Å². The molecule has 0 aromatic heterocycles. The predicted octanol–water partition coefficient (Wildman–Crippen LogP) is 4.53. The topological polar surface area (TPSA) is 45.0 Å². The first-order chi connectivity index (χ1) is 8.29. The van der Waals surface area contributed by atoms with E-state index in [2.05, 4.69) is 10.2 Å². The summed E-state index contributed by atoms with van der Waals surface area (Å²) in [5.74, 6) is 0.141. The molecule has 17 heavy (non-hydrogen) atoms. The number of benzene rings is 2. The van der Waals surface area contributed by atoms with Crippen LogP contribution in [0.25, 0.3) is 0 Å². The minimum Gasteiger partial charge on any atom is -0.506 e. The minimum absolute atomic E-state index is 0.141. The summed E-state index contributed by atoms with van der Waals surface area (Å²) in [6.45, 7) is 0. The molecule has 0 fully saturated rings. The Kier molecular flexibility index (Phi) is 3.77. The predicted molar refractivity (Wildman–Crippen MR) is 70.5 cm³/mol. The summed E-state index contributed by atoms with van der Waals surface area (Å²) >= 11 is 1.60. The van der Waals surface area contributed by atoms with E-state index in [0.29, 0.717) is 5.69 Å². The fourth-order valence-electron chi connectivity index (χ4n) is 1.32. The number of aromatic hydroxyl groups is 1. The van der Waals surface area contributed by atoms with Gasteiger partial charge < -0.3 is 5.11 Å². The Bertz CT molecular complexity index is 526. The molecule has 4 heteroatoms. The molecular formula is C13H12N2OS. The van der Waals surface area contributed by atoms with E-state index in [1.165, 1.54) is 0 Å². The fourth-order valence-corrected chi connectivity index (χ4v) is 1.75. The number of phenols is 1. The van der Waals surface area contributed by atoms with E-state index in [9.17, 15) is 5.11 Å². The summed E-state index contributed by atoms with van der Waals surface area (Å²) in [6, 6.07) is 14.7. The van der Waals surface area contributed by atoms with Crippen molar-refractivity contribution in [3.05, 3.63) is 48.5 Å². The van der Waals surface area contributed by atoms with Crippen molar-refractivity contribution in [1.82, 2.24) is 0 Å². The van der Waals surface area contributed by atoms with Crippen LogP contribution in [-0.4, -0.2) is 11.4 Å². The molecule has 0 atom stereocenters. The summed E-state index contributed by atoms with van der Waals surface area (Å²) in [7, 11) is 0. The van der Waals surface area contributed by atoms with E-state index < -0.39 is 0 Å². The van der Waals surface area contributed by atoms with Crippen molar-refractivity contribution in [2.75, 3.05) is 6.26 Å². The van der Waals surface area contributed by atoms with Crippen LogP contribution in [0.1, 0.15) is 0 Å². The zero-order valence-electron chi connectivity index (χ0n) is 9.37. The molecule has 0 radical (unpaired) electrons. The number of rotatable bonds is 3. The molecule has 0 saturated heterocycles. The second-order valence-corrected chi connectivity index (χ2v) is 4.27. The van der Waals surface area contributed by atoms with Gasteiger partial charge in [0.1, 0.15) is 11.4 Å². The molecule has 0 aliphatic carbocycles. The van der Waals surface area contributed by atoms with Crippen molar-refractivity contribution in [2.24, 2.45) is 10.2 Å². The van der Waals surface area contributed by atoms with E-state index >= 15 is 0 Å². The highest BCUT2D eigenvalue weighted by Gasteiger charge is 2.01. The lowest BCUT2D eigenvalue weighted by molar-refractivity contribution is 0.476. The Hall–Kier alpha value is -1.81. The Labute approximate surface area is 104 Å². The maximum absolute atomic E-state index is 9.65. The van der Waals surface area contributed by atoms with Gasteiger partial charge in [-0.15, -0.1) is 16.9 Å². The van der Waals surface area contributed by atoms with E-state index in [-0.39, 0.29) is 5.75 Å². The Morgan fingerprint density at radius 1 is 1.00 bits per heavy atom. The Morgan fingerprint density at radius 3 is 2.47 bits per heavy atom. The van der Waals surface area contributed by atoms with Crippen LogP contribution in [-0.2, 0) is 0 Å². The van der Waals surface area contributed by atoms with Gasteiger partial charge in [0.2, 0.25) is 0 Å². The Balaban J connectivity index is 2.26. The molecule has 0 aliphatic heterocycles. The average Bonchev–Trinajstić information content (AvgIpc) is 2.39. The molecule has 0 aliphatic rings. The van der Waals surface area contributed by atoms with Crippen molar-refractivity contribution in [1.29, 1.82) is 0 Å². The number of hydrogen-bond donors (Lipinski definition) is 1. The van der Waals surface area contributed by atoms with Gasteiger partial charge in [0, 0.05) is 4.90 Å². The number of nitrogens with zero attached hydrogens (tertiary/aromatic N) is 2. The van der Waals surface area contributed by atoms with Gasteiger partial charge in [-0.05, 0) is 36.6 Å². The lowest BCUT2D eigenvalue weighted by Gasteiger charge is -2.00. The molecule has 0 bridgehead atoms. The SMILES string of the molecule is CSc1ccc(O)c(/N=N/c2ccccc2)c1. The maximum Gasteiger partial charge on any atom is 0.143 e. The van der Waals surface area contributed by atoms with Crippen LogP contribution in [0.15, 0.2) is 63.7 Å². The van der Waals surface area contributed by atoms with Crippen molar-refractivity contribution in [3.8, 4) is 5.75 Å². The van der Waals surface area contributed by atoms with Crippen molar-refractivity contribution < 1.29 is 5.11 Å². The van der Waals surface area contributed by atoms with Crippen molar-refractivity contribution in [3.63, 3.8) is 0 Å². The number of hydrogen-bond acceptors (Lipinski definition) is 4. The quantitative estimate of drug-likeness (QED) is 0.636. The number of phenolic OH excluding ortho intramolecular Hbond substituents is 1. The van der Waals surface area contributed by atoms with Gasteiger partial charge in [-0.3, -0.25) is 0 Å². The van der Waals surface area contributed by atoms with E-state index in [1.54, 1.807) is 17.8 Å². The Morgan fingerprint density at radius 2 is 1.76 bits per heavy atom.